The predicted octanol–water partition coefficient (Wildman–Crippen LogP) is 2.01. The Labute approximate surface area is 179 Å². The van der Waals surface area contributed by atoms with Crippen molar-refractivity contribution in [2.45, 2.75) is 31.7 Å². The molecule has 1 aliphatic rings. The van der Waals surface area contributed by atoms with Crippen LogP contribution >= 0.6 is 0 Å². The van der Waals surface area contributed by atoms with Crippen molar-refractivity contribution in [1.82, 2.24) is 4.31 Å². The number of benzene rings is 2. The normalized spacial score (nSPS) is 21.2. The number of carbonyl (C=O) groups excluding carboxylic acids is 1. The number of anilines is 1. The maximum Gasteiger partial charge on any atom is 0.279 e. The molecule has 2 N–H and O–H groups in total. The van der Waals surface area contributed by atoms with Crippen LogP contribution in [0.15, 0.2) is 59.5 Å². The average molecular weight is 431 g/mol. The minimum atomic E-state index is -3.51. The van der Waals surface area contributed by atoms with Gasteiger partial charge in [0.15, 0.2) is 6.54 Å². The minimum absolute atomic E-state index is 0.0993. The van der Waals surface area contributed by atoms with E-state index in [1.807, 2.05) is 37.4 Å². The van der Waals surface area contributed by atoms with E-state index in [9.17, 15) is 13.2 Å². The Bertz CT molecular complexity index is 935. The molecule has 30 heavy (non-hydrogen) atoms. The van der Waals surface area contributed by atoms with Crippen LogP contribution < -0.4 is 10.2 Å². The molecular formula is C23H32N3O3S+. The fraction of sp³-hybridized carbons (Fsp3) is 0.435. The Balaban J connectivity index is 1.58. The number of amides is 1. The summed E-state index contributed by atoms with van der Waals surface area (Å²) < 4.78 is 27.5. The van der Waals surface area contributed by atoms with Crippen molar-refractivity contribution in [1.29, 1.82) is 0 Å². The first-order chi connectivity index (χ1) is 14.2. The molecule has 2 aromatic carbocycles. The molecule has 3 atom stereocenters. The highest BCUT2D eigenvalue weighted by Gasteiger charge is 2.31. The van der Waals surface area contributed by atoms with Crippen molar-refractivity contribution >= 4 is 21.6 Å². The molecule has 2 aromatic rings. The van der Waals surface area contributed by atoms with Crippen LogP contribution in [-0.2, 0) is 21.4 Å². The first-order valence-electron chi connectivity index (χ1n) is 10.5. The van der Waals surface area contributed by atoms with E-state index in [0.29, 0.717) is 37.2 Å². The quantitative estimate of drug-likeness (QED) is 0.706. The molecule has 7 heteroatoms. The molecule has 1 saturated heterocycles. The average Bonchev–Trinajstić information content (AvgIpc) is 2.68. The lowest BCUT2D eigenvalue weighted by Gasteiger charge is -2.34. The molecule has 1 aliphatic heterocycles. The molecule has 0 aromatic heterocycles. The monoisotopic (exact) mass is 430 g/mol. The maximum atomic E-state index is 13.0. The van der Waals surface area contributed by atoms with E-state index in [1.165, 1.54) is 5.56 Å². The summed E-state index contributed by atoms with van der Waals surface area (Å²) in [6, 6.07) is 16.5. The minimum Gasteiger partial charge on any atom is -0.326 e. The lowest BCUT2D eigenvalue weighted by molar-refractivity contribution is -0.885. The van der Waals surface area contributed by atoms with E-state index < -0.39 is 10.0 Å². The molecule has 3 rings (SSSR count). The third-order valence-electron chi connectivity index (χ3n) is 5.42. The molecule has 1 unspecified atom stereocenters. The fourth-order valence-corrected chi connectivity index (χ4v) is 5.83. The van der Waals surface area contributed by atoms with Gasteiger partial charge in [0.05, 0.1) is 11.9 Å². The number of quaternary nitrogens is 1. The van der Waals surface area contributed by atoms with Gasteiger partial charge >= 0.3 is 0 Å². The highest BCUT2D eigenvalue weighted by atomic mass is 32.2. The zero-order valence-electron chi connectivity index (χ0n) is 18.0. The van der Waals surface area contributed by atoms with Crippen molar-refractivity contribution in [2.75, 3.05) is 32.0 Å². The van der Waals surface area contributed by atoms with Gasteiger partial charge < -0.3 is 10.2 Å². The lowest BCUT2D eigenvalue weighted by Crippen LogP contribution is -3.08. The Morgan fingerprint density at radius 3 is 2.23 bits per heavy atom. The zero-order chi connectivity index (χ0) is 21.7. The first-order valence-corrected chi connectivity index (χ1v) is 11.9. The number of nitrogens with zero attached hydrogens (tertiary/aromatic N) is 1. The molecule has 1 amide bonds. The molecule has 162 valence electrons. The number of hydrogen-bond donors (Lipinski definition) is 2. The SMILES string of the molecule is C[C@H]1C[C@H](C)CN(S(=O)(=O)c2ccc(NC(=O)C[NH+](C)Cc3ccccc3)cc2)C1. The first kappa shape index (κ1) is 22.5. The highest BCUT2D eigenvalue weighted by molar-refractivity contribution is 7.89. The Kier molecular flexibility index (Phi) is 7.28. The van der Waals surface area contributed by atoms with Crippen molar-refractivity contribution in [3.8, 4) is 0 Å². The van der Waals surface area contributed by atoms with Crippen molar-refractivity contribution in [2.24, 2.45) is 11.8 Å². The van der Waals surface area contributed by atoms with E-state index in [0.717, 1.165) is 17.9 Å². The molecule has 0 saturated carbocycles. The fourth-order valence-electron chi connectivity index (χ4n) is 4.15. The maximum absolute atomic E-state index is 13.0. The van der Waals surface area contributed by atoms with Crippen molar-refractivity contribution in [3.63, 3.8) is 0 Å². The van der Waals surface area contributed by atoms with Crippen molar-refractivity contribution < 1.29 is 18.1 Å². The molecule has 1 heterocycles. The summed E-state index contributed by atoms with van der Waals surface area (Å²) in [7, 11) is -1.54. The number of nitrogens with one attached hydrogen (secondary N) is 2. The summed E-state index contributed by atoms with van der Waals surface area (Å²) in [4.78, 5) is 13.7. The van der Waals surface area contributed by atoms with E-state index in [2.05, 4.69) is 19.2 Å². The van der Waals surface area contributed by atoms with Gasteiger partial charge in [0.1, 0.15) is 6.54 Å². The number of piperidine rings is 1. The van der Waals surface area contributed by atoms with Crippen LogP contribution in [-0.4, -0.2) is 45.3 Å². The van der Waals surface area contributed by atoms with E-state index in [1.54, 1.807) is 28.6 Å². The summed E-state index contributed by atoms with van der Waals surface area (Å²) in [6.07, 6.45) is 1.05. The molecule has 0 aliphatic carbocycles. The Hall–Kier alpha value is -2.22. The molecule has 0 spiro atoms. The van der Waals surface area contributed by atoms with Gasteiger partial charge in [0.2, 0.25) is 10.0 Å². The zero-order valence-corrected chi connectivity index (χ0v) is 18.8. The number of rotatable bonds is 7. The summed E-state index contributed by atoms with van der Waals surface area (Å²) >= 11 is 0. The molecular weight excluding hydrogens is 398 g/mol. The second-order valence-corrected chi connectivity index (χ2v) is 10.6. The second kappa shape index (κ2) is 9.73. The van der Waals surface area contributed by atoms with Crippen LogP contribution in [0.25, 0.3) is 0 Å². The van der Waals surface area contributed by atoms with Crippen LogP contribution in [0.4, 0.5) is 5.69 Å². The van der Waals surface area contributed by atoms with Crippen molar-refractivity contribution in [3.05, 3.63) is 60.2 Å². The molecule has 0 radical (unpaired) electrons. The van der Waals surface area contributed by atoms with Gasteiger partial charge in [-0.2, -0.15) is 4.31 Å². The number of sulfonamides is 1. The molecule has 1 fully saturated rings. The van der Waals surface area contributed by atoms with Gasteiger partial charge in [-0.05, 0) is 42.5 Å². The molecule has 0 bridgehead atoms. The van der Waals surface area contributed by atoms with Gasteiger partial charge in [-0.3, -0.25) is 4.79 Å². The topological polar surface area (TPSA) is 70.9 Å². The summed E-state index contributed by atoms with van der Waals surface area (Å²) in [5.74, 6) is 0.618. The van der Waals surface area contributed by atoms with Gasteiger partial charge in [-0.1, -0.05) is 44.2 Å². The summed E-state index contributed by atoms with van der Waals surface area (Å²) in [5, 5.41) is 2.86. The van der Waals surface area contributed by atoms with Gasteiger partial charge in [-0.15, -0.1) is 0 Å². The number of carbonyl (C=O) groups is 1. The standard InChI is InChI=1S/C23H31N3O3S/c1-18-13-19(2)15-26(14-18)30(28,29)22-11-9-21(10-12-22)24-23(27)17-25(3)16-20-7-5-4-6-8-20/h4-12,18-19H,13-17H2,1-3H3,(H,24,27)/p+1/t18-,19-/m0/s1. The van der Waals surface area contributed by atoms with Crippen LogP contribution in [0, 0.1) is 11.8 Å². The third kappa shape index (κ3) is 5.90. The van der Waals surface area contributed by atoms with Crippen LogP contribution in [0.5, 0.6) is 0 Å². The smallest absolute Gasteiger partial charge is 0.279 e. The van der Waals surface area contributed by atoms with E-state index in [4.69, 9.17) is 0 Å². The second-order valence-electron chi connectivity index (χ2n) is 8.64. The molecule has 6 nitrogen and oxygen atoms in total. The number of likely N-dealkylation sites (N-methyl/N-ethyl adjacent to an activating group) is 1. The van der Waals surface area contributed by atoms with E-state index in [-0.39, 0.29) is 10.8 Å². The third-order valence-corrected chi connectivity index (χ3v) is 7.27. The van der Waals surface area contributed by atoms with Gasteiger partial charge in [-0.25, -0.2) is 8.42 Å². The largest absolute Gasteiger partial charge is 0.326 e. The van der Waals surface area contributed by atoms with Crippen LogP contribution in [0.3, 0.4) is 0 Å². The van der Waals surface area contributed by atoms with Gasteiger partial charge in [0.25, 0.3) is 5.91 Å². The van der Waals surface area contributed by atoms with Crippen LogP contribution in [0.2, 0.25) is 0 Å². The Morgan fingerprint density at radius 2 is 1.63 bits per heavy atom. The lowest BCUT2D eigenvalue weighted by atomic mass is 9.94. The van der Waals surface area contributed by atoms with E-state index >= 15 is 0 Å². The Morgan fingerprint density at radius 1 is 1.03 bits per heavy atom. The highest BCUT2D eigenvalue weighted by Crippen LogP contribution is 2.27. The van der Waals surface area contributed by atoms with Crippen LogP contribution in [0.1, 0.15) is 25.8 Å². The number of hydrogen-bond acceptors (Lipinski definition) is 3. The summed E-state index contributed by atoms with van der Waals surface area (Å²) in [6.45, 7) is 6.39. The predicted molar refractivity (Wildman–Crippen MR) is 119 cm³/mol. The summed E-state index contributed by atoms with van der Waals surface area (Å²) in [5.41, 5.74) is 1.78. The van der Waals surface area contributed by atoms with Gasteiger partial charge in [0, 0.05) is 24.3 Å².